The number of carboxylic acid groups (broad SMARTS) is 1. The summed E-state index contributed by atoms with van der Waals surface area (Å²) in [6.45, 7) is 58.2. The number of hydrogen-bond donors (Lipinski definition) is 7. The molecule has 0 aromatic rings. The highest BCUT2D eigenvalue weighted by molar-refractivity contribution is 8.59. The van der Waals surface area contributed by atoms with E-state index in [1.807, 2.05) is 0 Å². The summed E-state index contributed by atoms with van der Waals surface area (Å²) in [6, 6.07) is 0. The van der Waals surface area contributed by atoms with Gasteiger partial charge in [0.1, 0.15) is 7.53 Å². The van der Waals surface area contributed by atoms with E-state index in [1.54, 1.807) is 0 Å². The molecule has 0 radical (unpaired) electrons. The third-order valence-corrected chi connectivity index (χ3v) is 32.2. The average Bonchev–Trinajstić information content (AvgIpc) is 0.821. The first-order valence-corrected chi connectivity index (χ1v) is 47.7. The molecular weight excluding hydrogens is 1310 g/mol. The van der Waals surface area contributed by atoms with E-state index in [0.717, 1.165) is 136 Å². The second-order valence-corrected chi connectivity index (χ2v) is 48.6. The van der Waals surface area contributed by atoms with Crippen LogP contribution in [0.15, 0.2) is 0 Å². The van der Waals surface area contributed by atoms with Crippen LogP contribution in [0.4, 0.5) is 0 Å². The number of carbonyl (C=O) groups excluding carboxylic acids is 4. The van der Waals surface area contributed by atoms with Gasteiger partial charge in [-0.1, -0.05) is 205 Å². The van der Waals surface area contributed by atoms with Gasteiger partial charge in [-0.3, -0.25) is 29.1 Å². The molecule has 1 rings (SSSR count). The number of aliphatic carboxylic acids is 1. The third kappa shape index (κ3) is 43.2. The number of nitrogens with one attached hydrogen (secondary N) is 5. The lowest BCUT2D eigenvalue weighted by Gasteiger charge is -2.47. The second kappa shape index (κ2) is 49.7. The number of carboxylic acids is 1. The monoisotopic (exact) mass is 1460 g/mol. The quantitative estimate of drug-likeness (QED) is 0.0230. The first kappa shape index (κ1) is 96.3. The number of carbonyl (C=O) groups is 5. The molecule has 0 aromatic carbocycles. The molecule has 3 amide bonds. The van der Waals surface area contributed by atoms with Crippen molar-refractivity contribution in [2.24, 2.45) is 103 Å². The van der Waals surface area contributed by atoms with Crippen molar-refractivity contribution in [1.82, 2.24) is 26.5 Å². The lowest BCUT2D eigenvalue weighted by atomic mass is 9.58. The first-order chi connectivity index (χ1) is 43.3. The van der Waals surface area contributed by atoms with Gasteiger partial charge in [0, 0.05) is 58.3 Å². The molecule has 0 saturated carbocycles. The molecule has 1 saturated heterocycles. The molecule has 12 unspecified atom stereocenters. The molecular formula is C73H153N6O8P7. The Morgan fingerprint density at radius 3 is 1.52 bits per heavy atom. The van der Waals surface area contributed by atoms with Crippen LogP contribution in [-0.4, -0.2) is 80.6 Å². The van der Waals surface area contributed by atoms with Crippen LogP contribution in [0.25, 0.3) is 0 Å². The molecule has 0 bridgehead atoms. The molecule has 0 spiro atoms. The van der Waals surface area contributed by atoms with Crippen LogP contribution >= 0.6 is 58.6 Å². The highest BCUT2D eigenvalue weighted by Crippen LogP contribution is 2.67. The maximum atomic E-state index is 12.8. The molecule has 1 aliphatic rings. The summed E-state index contributed by atoms with van der Waals surface area (Å²) in [5.74, 6) is 4.20. The average molecular weight is 1460 g/mol. The highest BCUT2D eigenvalue weighted by atomic mass is 32.6. The predicted octanol–water partition coefficient (Wildman–Crippen LogP) is 19.9. The van der Waals surface area contributed by atoms with Gasteiger partial charge in [-0.2, -0.15) is 0 Å². The zero-order chi connectivity index (χ0) is 72.8. The molecule has 558 valence electrons. The molecule has 21 heteroatoms. The van der Waals surface area contributed by atoms with E-state index < -0.39 is 13.5 Å². The normalized spacial score (nSPS) is 19.3. The van der Waals surface area contributed by atoms with Crippen molar-refractivity contribution >= 4 is 88.3 Å². The number of rotatable bonds is 37. The van der Waals surface area contributed by atoms with Gasteiger partial charge in [0.05, 0.1) is 6.61 Å². The molecule has 1 aliphatic heterocycles. The van der Waals surface area contributed by atoms with Gasteiger partial charge in [0.2, 0.25) is 17.7 Å². The minimum Gasteiger partial charge on any atom is -0.481 e. The van der Waals surface area contributed by atoms with E-state index in [1.165, 1.54) is 6.42 Å². The fourth-order valence-electron chi connectivity index (χ4n) is 13.0. The fourth-order valence-corrected chi connectivity index (χ4v) is 15.8. The van der Waals surface area contributed by atoms with Gasteiger partial charge in [0.25, 0.3) is 0 Å². The molecule has 0 aromatic heterocycles. The van der Waals surface area contributed by atoms with Gasteiger partial charge in [0.15, 0.2) is 0 Å². The van der Waals surface area contributed by atoms with Crippen molar-refractivity contribution < 1.29 is 38.4 Å². The summed E-state index contributed by atoms with van der Waals surface area (Å²) in [7, 11) is 10.5. The molecule has 14 nitrogen and oxygen atoms in total. The zero-order valence-corrected chi connectivity index (χ0v) is 72.1. The van der Waals surface area contributed by atoms with Gasteiger partial charge in [-0.05, 0) is 210 Å². The first-order valence-electron chi connectivity index (χ1n) is 36.6. The van der Waals surface area contributed by atoms with Crippen molar-refractivity contribution in [3.8, 4) is 0 Å². The minimum absolute atomic E-state index is 0.00958. The van der Waals surface area contributed by atoms with E-state index >= 15 is 0 Å². The Morgan fingerprint density at radius 1 is 0.628 bits per heavy atom. The predicted molar refractivity (Wildman–Crippen MR) is 425 cm³/mol. The lowest BCUT2D eigenvalue weighted by Crippen LogP contribution is -2.39. The standard InChI is InChI=1S/C25H57N2O3P7.C25H50N2O2.C23H46N2O3/c1-18(2)20(14-22(28)26-12-10-9-11-13-27-36(32)33)16-24(5,6)25(7,8)17-21(19(3)4)15-23(29)30-37(34)35-31;1-19(2)21-12-15-29-27-14-11-9-10-13-26-23(28)16-22(20(3)4)18-25(7,8)24(5,6)17-21;1-17(2)19(14-21(27)28)16-23(6,7)22(4,5)15-18(3)13-20(26)25-12-10-8-9-11-24/h18-21,27,35H,9-17,31-34H2,1-8H3,(H,26,28);19-22,27H,9-18H2,1-8H3,(H,26,28);17-19H,8-16,24H2,1-7H3,(H,25,26)(H,27,28). The Morgan fingerprint density at radius 2 is 1.06 bits per heavy atom. The summed E-state index contributed by atoms with van der Waals surface area (Å²) >= 11 is 0. The minimum atomic E-state index is -0.746. The lowest BCUT2D eigenvalue weighted by molar-refractivity contribution is -0.139. The largest absolute Gasteiger partial charge is 0.481 e. The van der Waals surface area contributed by atoms with Crippen molar-refractivity contribution in [3.63, 3.8) is 0 Å². The van der Waals surface area contributed by atoms with Crippen molar-refractivity contribution in [1.29, 1.82) is 0 Å². The van der Waals surface area contributed by atoms with Gasteiger partial charge >= 0.3 is 11.9 Å². The van der Waals surface area contributed by atoms with Crippen molar-refractivity contribution in [3.05, 3.63) is 0 Å². The van der Waals surface area contributed by atoms with Crippen LogP contribution in [0.2, 0.25) is 0 Å². The van der Waals surface area contributed by atoms with Crippen molar-refractivity contribution in [2.75, 3.05) is 45.9 Å². The van der Waals surface area contributed by atoms with E-state index in [4.69, 9.17) is 15.1 Å². The zero-order valence-electron chi connectivity index (χ0n) is 64.7. The van der Waals surface area contributed by atoms with E-state index in [9.17, 15) is 29.1 Å². The van der Waals surface area contributed by atoms with Gasteiger partial charge in [-0.15, -0.1) is 8.93 Å². The Labute approximate surface area is 593 Å². The Kier molecular flexibility index (Phi) is 50.9. The van der Waals surface area contributed by atoms with E-state index in [-0.39, 0.29) is 87.8 Å². The van der Waals surface area contributed by atoms with Crippen LogP contribution < -0.4 is 32.3 Å². The molecule has 94 heavy (non-hydrogen) atoms. The second-order valence-electron chi connectivity index (χ2n) is 33.9. The number of amides is 3. The summed E-state index contributed by atoms with van der Waals surface area (Å²) in [5, 5.41) is 22.0. The fraction of sp³-hybridized carbons (Fsp3) is 0.932. The summed E-state index contributed by atoms with van der Waals surface area (Å²) in [5.41, 5.74) is 9.02. The topological polar surface area (TPSA) is 210 Å². The van der Waals surface area contributed by atoms with Crippen LogP contribution in [-0.2, 0) is 33.3 Å². The number of unbranched alkanes of at least 4 members (excludes halogenated alkanes) is 4. The van der Waals surface area contributed by atoms with Gasteiger partial charge < -0.3 is 36.2 Å². The molecule has 8 N–H and O–H groups in total. The maximum Gasteiger partial charge on any atom is 0.309 e. The SMILES string of the molecule is CC(C)C(CC(=O)NCCCCCNP(P)P)CC(C)(C)C(C)(C)CC(CC(=O)OP(P)PP)C(C)C.CC(C)C1CCONCCCCCNC(=O)CC(C(C)C)CC(C)(C)C(C)(C)C1.CC(CC(=O)NCCCCCN)CC(C)(C)C(C)(C)CC(CC(=O)O)C(C)C. The Hall–Kier alpha value is 0.200. The molecule has 1 heterocycles. The summed E-state index contributed by atoms with van der Waals surface area (Å²) < 4.78 is 5.62. The van der Waals surface area contributed by atoms with Crippen molar-refractivity contribution in [2.45, 2.75) is 294 Å². The number of hydroxylamine groups is 1. The van der Waals surface area contributed by atoms with Gasteiger partial charge in [-0.25, -0.2) is 5.48 Å². The Bertz CT molecular complexity index is 2060. The molecule has 1 fully saturated rings. The van der Waals surface area contributed by atoms with E-state index in [2.05, 4.69) is 221 Å². The van der Waals surface area contributed by atoms with E-state index in [0.29, 0.717) is 87.5 Å². The van der Waals surface area contributed by atoms with Crippen LogP contribution in [0, 0.1) is 97.6 Å². The number of nitrogens with two attached hydrogens (primary N) is 1. The molecule has 0 aliphatic carbocycles. The summed E-state index contributed by atoms with van der Waals surface area (Å²) in [4.78, 5) is 67.1. The van der Waals surface area contributed by atoms with Crippen LogP contribution in [0.3, 0.4) is 0 Å². The number of hydrogen-bond acceptors (Lipinski definition) is 10. The maximum absolute atomic E-state index is 12.8. The molecule has 12 atom stereocenters. The van der Waals surface area contributed by atoms with Crippen LogP contribution in [0.1, 0.15) is 294 Å². The highest BCUT2D eigenvalue weighted by Gasteiger charge is 2.44. The summed E-state index contributed by atoms with van der Waals surface area (Å²) in [6.07, 6.45) is 19.2. The Balaban J connectivity index is 0. The van der Waals surface area contributed by atoms with Crippen LogP contribution in [0.5, 0.6) is 0 Å². The smallest absolute Gasteiger partial charge is 0.309 e. The third-order valence-electron chi connectivity index (χ3n) is 22.2.